The summed E-state index contributed by atoms with van der Waals surface area (Å²) in [5.74, 6) is 1.70. The van der Waals surface area contributed by atoms with Crippen LogP contribution >= 0.6 is 0 Å². The highest BCUT2D eigenvalue weighted by molar-refractivity contribution is 5.91. The Balaban J connectivity index is 1.81. The Kier molecular flexibility index (Phi) is 7.84. The molecule has 0 bridgehead atoms. The maximum Gasteiger partial charge on any atom is 0.289 e. The summed E-state index contributed by atoms with van der Waals surface area (Å²) in [6, 6.07) is 20.6. The first-order valence-electron chi connectivity index (χ1n) is 11.4. The van der Waals surface area contributed by atoms with Crippen molar-refractivity contribution >= 4 is 5.91 Å². The van der Waals surface area contributed by atoms with E-state index in [1.807, 2.05) is 61.5 Å². The van der Waals surface area contributed by atoms with Crippen LogP contribution in [-0.2, 0) is 17.7 Å². The number of aryl methyl sites for hydroxylation is 1. The van der Waals surface area contributed by atoms with Crippen LogP contribution in [0.3, 0.4) is 0 Å². The Morgan fingerprint density at radius 3 is 2.40 bits per heavy atom. The lowest BCUT2D eigenvalue weighted by molar-refractivity contribution is 0.0648. The Bertz CT molecular complexity index is 1240. The molecule has 0 saturated heterocycles. The quantitative estimate of drug-likeness (QED) is 0.300. The summed E-state index contributed by atoms with van der Waals surface area (Å²) in [6.07, 6.45) is 2.15. The van der Waals surface area contributed by atoms with Gasteiger partial charge in [0.2, 0.25) is 5.88 Å². The molecule has 0 unspecified atom stereocenters. The number of nitrogens with zero attached hydrogens (tertiary/aromatic N) is 3. The smallest absolute Gasteiger partial charge is 0.289 e. The van der Waals surface area contributed by atoms with Gasteiger partial charge in [-0.3, -0.25) is 4.79 Å². The minimum Gasteiger partial charge on any atom is -0.493 e. The van der Waals surface area contributed by atoms with Gasteiger partial charge in [0.1, 0.15) is 0 Å². The van der Waals surface area contributed by atoms with Gasteiger partial charge in [-0.15, -0.1) is 0 Å². The first kappa shape index (κ1) is 24.1. The third-order valence-corrected chi connectivity index (χ3v) is 5.56. The summed E-state index contributed by atoms with van der Waals surface area (Å²) < 4.78 is 24.4. The number of hydrogen-bond donors (Lipinski definition) is 0. The molecule has 2 heterocycles. The molecule has 182 valence electrons. The highest BCUT2D eigenvalue weighted by Gasteiger charge is 2.26. The van der Waals surface area contributed by atoms with Crippen LogP contribution in [0, 0.1) is 0 Å². The van der Waals surface area contributed by atoms with Crippen LogP contribution in [0.4, 0.5) is 0 Å². The number of furan rings is 1. The molecule has 0 radical (unpaired) electrons. The number of hydrogen-bond acceptors (Lipinski definition) is 6. The molecule has 0 spiro atoms. The van der Waals surface area contributed by atoms with Crippen LogP contribution in [0.2, 0.25) is 0 Å². The van der Waals surface area contributed by atoms with Gasteiger partial charge in [0.25, 0.3) is 5.91 Å². The van der Waals surface area contributed by atoms with E-state index in [0.29, 0.717) is 37.0 Å². The number of para-hydroxylation sites is 3. The molecule has 2 aromatic carbocycles. The van der Waals surface area contributed by atoms with E-state index in [0.717, 1.165) is 16.9 Å². The Morgan fingerprint density at radius 1 is 1.00 bits per heavy atom. The van der Waals surface area contributed by atoms with E-state index in [4.69, 9.17) is 23.7 Å². The molecule has 2 aromatic heterocycles. The third-order valence-electron chi connectivity index (χ3n) is 5.56. The fourth-order valence-electron chi connectivity index (χ4n) is 3.78. The predicted molar refractivity (Wildman–Crippen MR) is 131 cm³/mol. The van der Waals surface area contributed by atoms with Crippen molar-refractivity contribution in [2.24, 2.45) is 0 Å². The van der Waals surface area contributed by atoms with Crippen LogP contribution < -0.4 is 9.47 Å². The van der Waals surface area contributed by atoms with E-state index >= 15 is 0 Å². The van der Waals surface area contributed by atoms with E-state index in [9.17, 15) is 4.79 Å². The highest BCUT2D eigenvalue weighted by Crippen LogP contribution is 2.36. The molecule has 1 amide bonds. The van der Waals surface area contributed by atoms with Crippen molar-refractivity contribution in [2.75, 3.05) is 27.4 Å². The van der Waals surface area contributed by atoms with Crippen LogP contribution in [0.15, 0.2) is 77.4 Å². The van der Waals surface area contributed by atoms with Gasteiger partial charge < -0.3 is 23.5 Å². The highest BCUT2D eigenvalue weighted by atomic mass is 16.5. The number of aromatic nitrogens is 2. The molecular formula is C27H29N3O5. The second-order valence-corrected chi connectivity index (χ2v) is 7.78. The van der Waals surface area contributed by atoms with E-state index in [1.54, 1.807) is 35.9 Å². The summed E-state index contributed by atoms with van der Waals surface area (Å²) in [6.45, 7) is 3.05. The van der Waals surface area contributed by atoms with Crippen molar-refractivity contribution in [3.63, 3.8) is 0 Å². The van der Waals surface area contributed by atoms with E-state index in [1.165, 1.54) is 6.26 Å². The molecule has 8 nitrogen and oxygen atoms in total. The zero-order chi connectivity index (χ0) is 24.6. The lowest BCUT2D eigenvalue weighted by Crippen LogP contribution is -2.33. The SMILES string of the molecule is CCc1nn(-c2ccccc2)c(Oc2ccccc2OC)c1CN(CCOC)C(=O)c1ccco1. The molecule has 8 heteroatoms. The minimum atomic E-state index is -0.232. The van der Waals surface area contributed by atoms with Crippen molar-refractivity contribution in [3.8, 4) is 23.1 Å². The average Bonchev–Trinajstić information content (AvgIpc) is 3.56. The molecule has 4 rings (SSSR count). The maximum absolute atomic E-state index is 13.3. The van der Waals surface area contributed by atoms with Gasteiger partial charge in [-0.2, -0.15) is 5.10 Å². The summed E-state index contributed by atoms with van der Waals surface area (Å²) in [7, 11) is 3.21. The molecule has 0 atom stereocenters. The monoisotopic (exact) mass is 475 g/mol. The van der Waals surface area contributed by atoms with Crippen molar-refractivity contribution in [3.05, 3.63) is 90.0 Å². The molecule has 0 aliphatic rings. The van der Waals surface area contributed by atoms with Gasteiger partial charge in [-0.05, 0) is 42.8 Å². The number of carbonyl (C=O) groups is 1. The van der Waals surface area contributed by atoms with Crippen LogP contribution in [0.5, 0.6) is 17.4 Å². The normalized spacial score (nSPS) is 10.8. The van der Waals surface area contributed by atoms with Gasteiger partial charge in [0, 0.05) is 13.7 Å². The fraction of sp³-hybridized carbons (Fsp3) is 0.259. The fourth-order valence-corrected chi connectivity index (χ4v) is 3.78. The summed E-state index contributed by atoms with van der Waals surface area (Å²) in [5.41, 5.74) is 2.48. The predicted octanol–water partition coefficient (Wildman–Crippen LogP) is 5.12. The Hall–Kier alpha value is -4.04. The second-order valence-electron chi connectivity index (χ2n) is 7.78. The molecular weight excluding hydrogens is 446 g/mol. The van der Waals surface area contributed by atoms with Crippen LogP contribution in [0.1, 0.15) is 28.7 Å². The number of carbonyl (C=O) groups excluding carboxylic acids is 1. The summed E-state index contributed by atoms with van der Waals surface area (Å²) >= 11 is 0. The lowest BCUT2D eigenvalue weighted by atomic mass is 10.1. The average molecular weight is 476 g/mol. The van der Waals surface area contributed by atoms with E-state index in [-0.39, 0.29) is 18.2 Å². The molecule has 35 heavy (non-hydrogen) atoms. The zero-order valence-electron chi connectivity index (χ0n) is 20.1. The minimum absolute atomic E-state index is 0.232. The molecule has 0 fully saturated rings. The Morgan fingerprint density at radius 2 is 1.74 bits per heavy atom. The third kappa shape index (κ3) is 5.38. The topological polar surface area (TPSA) is 79.0 Å². The summed E-state index contributed by atoms with van der Waals surface area (Å²) in [5, 5.41) is 4.86. The number of benzene rings is 2. The lowest BCUT2D eigenvalue weighted by Gasteiger charge is -2.22. The maximum atomic E-state index is 13.3. The zero-order valence-corrected chi connectivity index (χ0v) is 20.1. The number of rotatable bonds is 11. The van der Waals surface area contributed by atoms with Crippen molar-refractivity contribution in [1.29, 1.82) is 0 Å². The van der Waals surface area contributed by atoms with Gasteiger partial charge in [-0.1, -0.05) is 37.3 Å². The molecule has 0 N–H and O–H groups in total. The first-order valence-corrected chi connectivity index (χ1v) is 11.4. The van der Waals surface area contributed by atoms with Gasteiger partial charge in [0.05, 0.1) is 43.5 Å². The van der Waals surface area contributed by atoms with Crippen molar-refractivity contribution < 1.29 is 23.4 Å². The molecule has 4 aromatic rings. The molecule has 0 aliphatic carbocycles. The van der Waals surface area contributed by atoms with Crippen LogP contribution in [0.25, 0.3) is 5.69 Å². The van der Waals surface area contributed by atoms with Crippen molar-refractivity contribution in [1.82, 2.24) is 14.7 Å². The number of amides is 1. The largest absolute Gasteiger partial charge is 0.493 e. The second kappa shape index (κ2) is 11.4. The summed E-state index contributed by atoms with van der Waals surface area (Å²) in [4.78, 5) is 14.9. The van der Waals surface area contributed by atoms with E-state index in [2.05, 4.69) is 0 Å². The van der Waals surface area contributed by atoms with Crippen molar-refractivity contribution in [2.45, 2.75) is 19.9 Å². The van der Waals surface area contributed by atoms with Gasteiger partial charge >= 0.3 is 0 Å². The Labute approximate surface area is 204 Å². The first-order chi connectivity index (χ1) is 17.2. The van der Waals surface area contributed by atoms with E-state index < -0.39 is 0 Å². The molecule has 0 saturated carbocycles. The standard InChI is InChI=1S/C27H29N3O5/c1-4-22-21(19-29(16-18-32-2)26(31)25-15-10-17-34-25)27(30(28-22)20-11-6-5-7-12-20)35-24-14-9-8-13-23(24)33-3/h5-15,17H,4,16,18-19H2,1-3H3. The van der Waals surface area contributed by atoms with Crippen LogP contribution in [-0.4, -0.2) is 48.0 Å². The molecule has 0 aliphatic heterocycles. The number of methoxy groups -OCH3 is 2. The van der Waals surface area contributed by atoms with Gasteiger partial charge in [-0.25, -0.2) is 4.68 Å². The van der Waals surface area contributed by atoms with Gasteiger partial charge in [0.15, 0.2) is 17.3 Å². The number of ether oxygens (including phenoxy) is 3.